The molecule has 0 unspecified atom stereocenters. The number of nitrogens with one attached hydrogen (secondary N) is 1. The van der Waals surface area contributed by atoms with Gasteiger partial charge in [0.15, 0.2) is 4.96 Å². The summed E-state index contributed by atoms with van der Waals surface area (Å²) < 4.78 is 29.0. The Morgan fingerprint density at radius 2 is 1.69 bits per heavy atom. The van der Waals surface area contributed by atoms with Crippen molar-refractivity contribution in [1.29, 1.82) is 0 Å². The maximum absolute atomic E-state index is 12.8. The van der Waals surface area contributed by atoms with Crippen LogP contribution in [0.15, 0.2) is 71.2 Å². The lowest BCUT2D eigenvalue weighted by molar-refractivity contribution is 0.102. The molecular formula is C23H22N4O3S2. The Balaban J connectivity index is 1.27. The zero-order valence-electron chi connectivity index (χ0n) is 17.3. The number of amides is 1. The third kappa shape index (κ3) is 4.06. The van der Waals surface area contributed by atoms with E-state index in [-0.39, 0.29) is 10.8 Å². The lowest BCUT2D eigenvalue weighted by Crippen LogP contribution is -2.35. The van der Waals surface area contributed by atoms with E-state index >= 15 is 0 Å². The van der Waals surface area contributed by atoms with E-state index in [1.54, 1.807) is 23.5 Å². The number of piperidine rings is 1. The minimum absolute atomic E-state index is 0.222. The molecule has 1 fully saturated rings. The van der Waals surface area contributed by atoms with Crippen LogP contribution in [0.5, 0.6) is 0 Å². The van der Waals surface area contributed by atoms with Gasteiger partial charge in [-0.05, 0) is 49.2 Å². The molecular weight excluding hydrogens is 444 g/mol. The topological polar surface area (TPSA) is 83.8 Å². The molecule has 1 N–H and O–H groups in total. The number of nitrogens with zero attached hydrogens (tertiary/aromatic N) is 3. The first kappa shape index (κ1) is 20.9. The first-order valence-electron chi connectivity index (χ1n) is 10.4. The monoisotopic (exact) mass is 466 g/mol. The number of aromatic nitrogens is 2. The summed E-state index contributed by atoms with van der Waals surface area (Å²) in [5, 5.41) is 4.84. The molecule has 0 saturated carbocycles. The van der Waals surface area contributed by atoms with Crippen molar-refractivity contribution in [2.75, 3.05) is 18.4 Å². The van der Waals surface area contributed by atoms with Gasteiger partial charge in [0, 0.05) is 47.7 Å². The van der Waals surface area contributed by atoms with E-state index in [1.807, 2.05) is 46.4 Å². The molecule has 2 aromatic carbocycles. The molecule has 1 saturated heterocycles. The van der Waals surface area contributed by atoms with Gasteiger partial charge in [-0.1, -0.05) is 18.6 Å². The molecule has 9 heteroatoms. The highest BCUT2D eigenvalue weighted by atomic mass is 32.2. The highest BCUT2D eigenvalue weighted by molar-refractivity contribution is 7.89. The summed E-state index contributed by atoms with van der Waals surface area (Å²) in [5.74, 6) is -0.290. The van der Waals surface area contributed by atoms with Crippen LogP contribution in [-0.2, 0) is 10.0 Å². The number of fused-ring (bicyclic) bond motifs is 1. The smallest absolute Gasteiger partial charge is 0.255 e. The summed E-state index contributed by atoms with van der Waals surface area (Å²) >= 11 is 1.58. The normalized spacial score (nSPS) is 15.1. The van der Waals surface area contributed by atoms with Gasteiger partial charge in [0.1, 0.15) is 0 Å². The Labute approximate surface area is 190 Å². The van der Waals surface area contributed by atoms with E-state index < -0.39 is 10.0 Å². The third-order valence-electron chi connectivity index (χ3n) is 5.60. The molecule has 1 amide bonds. The Morgan fingerprint density at radius 1 is 0.969 bits per heavy atom. The van der Waals surface area contributed by atoms with Crippen LogP contribution in [-0.4, -0.2) is 41.1 Å². The first-order valence-corrected chi connectivity index (χ1v) is 12.8. The molecule has 0 bridgehead atoms. The number of thiazole rings is 1. The third-order valence-corrected chi connectivity index (χ3v) is 8.28. The SMILES string of the molecule is O=C(Nc1ccc(-c2cn3ccsc3n2)cc1)c1ccc(S(=O)(=O)N2CCCCC2)cc1. The first-order chi connectivity index (χ1) is 15.5. The average Bonchev–Trinajstić information content (AvgIpc) is 3.43. The largest absolute Gasteiger partial charge is 0.322 e. The predicted octanol–water partition coefficient (Wildman–Crippen LogP) is 4.49. The summed E-state index contributed by atoms with van der Waals surface area (Å²) in [7, 11) is -3.51. The van der Waals surface area contributed by atoms with E-state index in [0.717, 1.165) is 35.5 Å². The minimum Gasteiger partial charge on any atom is -0.322 e. The maximum Gasteiger partial charge on any atom is 0.255 e. The van der Waals surface area contributed by atoms with Gasteiger partial charge in [0.05, 0.1) is 10.6 Å². The van der Waals surface area contributed by atoms with Crippen LogP contribution in [0.25, 0.3) is 16.2 Å². The Hall–Kier alpha value is -3.01. The molecule has 0 aliphatic carbocycles. The van der Waals surface area contributed by atoms with Gasteiger partial charge in [-0.3, -0.25) is 9.20 Å². The lowest BCUT2D eigenvalue weighted by Gasteiger charge is -2.25. The van der Waals surface area contributed by atoms with Crippen LogP contribution in [0.1, 0.15) is 29.6 Å². The second-order valence-corrected chi connectivity index (χ2v) is 10.6. The number of carbonyl (C=O) groups is 1. The fourth-order valence-electron chi connectivity index (χ4n) is 3.83. The summed E-state index contributed by atoms with van der Waals surface area (Å²) in [6.07, 6.45) is 6.77. The molecule has 7 nitrogen and oxygen atoms in total. The second-order valence-electron chi connectivity index (χ2n) is 7.74. The standard InChI is InChI=1S/C23H22N4O3S2/c28-22(18-6-10-20(11-7-18)32(29,30)27-12-2-1-3-13-27)24-19-8-4-17(5-9-19)21-16-26-14-15-31-23(26)25-21/h4-11,14-16H,1-3,12-13H2,(H,24,28). The second kappa shape index (κ2) is 8.50. The van der Waals surface area contributed by atoms with Crippen molar-refractivity contribution in [1.82, 2.24) is 13.7 Å². The Kier molecular flexibility index (Phi) is 5.54. The van der Waals surface area contributed by atoms with Gasteiger partial charge in [-0.25, -0.2) is 13.4 Å². The number of sulfonamides is 1. The Bertz CT molecular complexity index is 1320. The van der Waals surface area contributed by atoms with Crippen LogP contribution in [0.4, 0.5) is 5.69 Å². The summed E-state index contributed by atoms with van der Waals surface area (Å²) in [5.41, 5.74) is 2.90. The quantitative estimate of drug-likeness (QED) is 0.470. The molecule has 1 aliphatic rings. The molecule has 0 atom stereocenters. The predicted molar refractivity (Wildman–Crippen MR) is 126 cm³/mol. The maximum atomic E-state index is 12.8. The van der Waals surface area contributed by atoms with Crippen molar-refractivity contribution in [2.45, 2.75) is 24.2 Å². The van der Waals surface area contributed by atoms with Gasteiger partial charge in [-0.2, -0.15) is 4.31 Å². The number of benzene rings is 2. The van der Waals surface area contributed by atoms with E-state index in [0.29, 0.717) is 24.3 Å². The molecule has 1 aliphatic heterocycles. The number of rotatable bonds is 5. The van der Waals surface area contributed by atoms with Gasteiger partial charge in [0.25, 0.3) is 5.91 Å². The van der Waals surface area contributed by atoms with Crippen molar-refractivity contribution in [3.63, 3.8) is 0 Å². The van der Waals surface area contributed by atoms with Crippen LogP contribution in [0, 0.1) is 0 Å². The zero-order valence-corrected chi connectivity index (χ0v) is 18.9. The molecule has 0 radical (unpaired) electrons. The molecule has 2 aromatic heterocycles. The van der Waals surface area contributed by atoms with Gasteiger partial charge >= 0.3 is 0 Å². The summed E-state index contributed by atoms with van der Waals surface area (Å²) in [6.45, 7) is 1.11. The van der Waals surface area contributed by atoms with Crippen molar-refractivity contribution in [3.05, 3.63) is 71.9 Å². The fraction of sp³-hybridized carbons (Fsp3) is 0.217. The molecule has 0 spiro atoms. The molecule has 4 aromatic rings. The number of anilines is 1. The van der Waals surface area contributed by atoms with E-state index in [2.05, 4.69) is 10.3 Å². The van der Waals surface area contributed by atoms with Gasteiger partial charge in [-0.15, -0.1) is 11.3 Å². The summed E-state index contributed by atoms with van der Waals surface area (Å²) in [6, 6.07) is 13.6. The number of hydrogen-bond donors (Lipinski definition) is 1. The van der Waals surface area contributed by atoms with Crippen molar-refractivity contribution in [2.24, 2.45) is 0 Å². The number of hydrogen-bond acceptors (Lipinski definition) is 5. The highest BCUT2D eigenvalue weighted by Crippen LogP contribution is 2.24. The highest BCUT2D eigenvalue weighted by Gasteiger charge is 2.25. The van der Waals surface area contributed by atoms with Gasteiger partial charge < -0.3 is 5.32 Å². The average molecular weight is 467 g/mol. The number of imidazole rings is 1. The minimum atomic E-state index is -3.51. The van der Waals surface area contributed by atoms with Gasteiger partial charge in [0.2, 0.25) is 10.0 Å². The Morgan fingerprint density at radius 3 is 2.38 bits per heavy atom. The van der Waals surface area contributed by atoms with E-state index in [4.69, 9.17) is 0 Å². The molecule has 164 valence electrons. The van der Waals surface area contributed by atoms with Crippen molar-refractivity contribution < 1.29 is 13.2 Å². The molecule has 5 rings (SSSR count). The van der Waals surface area contributed by atoms with Crippen LogP contribution < -0.4 is 5.32 Å². The van der Waals surface area contributed by atoms with E-state index in [1.165, 1.54) is 16.4 Å². The van der Waals surface area contributed by atoms with Crippen LogP contribution in [0.3, 0.4) is 0 Å². The number of carbonyl (C=O) groups excluding carboxylic acids is 1. The lowest BCUT2D eigenvalue weighted by atomic mass is 10.1. The van der Waals surface area contributed by atoms with Crippen molar-refractivity contribution >= 4 is 37.9 Å². The molecule has 3 heterocycles. The summed E-state index contributed by atoms with van der Waals surface area (Å²) in [4.78, 5) is 18.4. The molecule has 32 heavy (non-hydrogen) atoms. The van der Waals surface area contributed by atoms with Crippen LogP contribution >= 0.6 is 11.3 Å². The zero-order chi connectivity index (χ0) is 22.1. The fourth-order valence-corrected chi connectivity index (χ4v) is 6.04. The van der Waals surface area contributed by atoms with Crippen molar-refractivity contribution in [3.8, 4) is 11.3 Å². The van der Waals surface area contributed by atoms with E-state index in [9.17, 15) is 13.2 Å². The van der Waals surface area contributed by atoms with Crippen LogP contribution in [0.2, 0.25) is 0 Å².